The summed E-state index contributed by atoms with van der Waals surface area (Å²) in [6.45, 7) is -0.459. The van der Waals surface area contributed by atoms with Crippen LogP contribution in [0.15, 0.2) is 267 Å². The maximum absolute atomic E-state index is 2.84. The Morgan fingerprint density at radius 2 is 0.359 bits per heavy atom. The number of fused-ring (bicyclic) bond motifs is 18. The molecule has 0 amide bonds. The summed E-state index contributed by atoms with van der Waals surface area (Å²) in [5, 5.41) is 30.3. The molecule has 4 aliphatic rings. The van der Waals surface area contributed by atoms with Gasteiger partial charge in [0.25, 0.3) is 13.4 Å². The predicted octanol–water partition coefficient (Wildman–Crippen LogP) is 17.6. The fourth-order valence-electron chi connectivity index (χ4n) is 19.8. The number of hydrogen-bond donors (Lipinski definition) is 0. The Morgan fingerprint density at radius 1 is 0.174 bits per heavy atom. The van der Waals surface area contributed by atoms with Gasteiger partial charge in [-0.05, 0) is 143 Å². The molecule has 0 aliphatic carbocycles. The van der Waals surface area contributed by atoms with Gasteiger partial charge in [0.15, 0.2) is 0 Å². The summed E-state index contributed by atoms with van der Waals surface area (Å²) in [5.41, 5.74) is 22.8. The third-order valence-electron chi connectivity index (χ3n) is 22.9. The van der Waals surface area contributed by atoms with E-state index in [4.69, 9.17) is 0 Å². The number of aromatic nitrogens is 4. The molecule has 0 saturated heterocycles. The number of benzene rings is 17. The molecule has 6 heteroatoms. The summed E-state index contributed by atoms with van der Waals surface area (Å²) in [7, 11) is 0. The molecule has 0 unspecified atom stereocenters. The lowest BCUT2D eigenvalue weighted by Crippen LogP contribution is -2.65. The highest BCUT2D eigenvalue weighted by molar-refractivity contribution is 7.03. The van der Waals surface area contributed by atoms with Crippen molar-refractivity contribution in [3.05, 3.63) is 267 Å². The minimum absolute atomic E-state index is 0.229. The van der Waals surface area contributed by atoms with Gasteiger partial charge in [0.1, 0.15) is 0 Å². The van der Waals surface area contributed by atoms with Crippen molar-refractivity contribution >= 4 is 220 Å². The Labute approximate surface area is 524 Å². The molecule has 0 N–H and O–H groups in total. The molecule has 17 aromatic carbocycles. The van der Waals surface area contributed by atoms with E-state index in [0.29, 0.717) is 0 Å². The highest BCUT2D eigenvalue weighted by atomic mass is 15.1. The van der Waals surface area contributed by atoms with E-state index in [0.717, 1.165) is 0 Å². The van der Waals surface area contributed by atoms with E-state index in [9.17, 15) is 0 Å². The average Bonchev–Trinajstić information content (AvgIpc) is 1.10. The zero-order chi connectivity index (χ0) is 58.8. The molecule has 4 nitrogen and oxygen atoms in total. The first kappa shape index (κ1) is 46.3. The topological polar surface area (TPSA) is 19.7 Å². The van der Waals surface area contributed by atoms with Crippen LogP contribution in [-0.2, 0) is 0 Å². The lowest BCUT2D eigenvalue weighted by Gasteiger charge is -2.44. The fourth-order valence-corrected chi connectivity index (χ4v) is 19.8. The highest BCUT2D eigenvalue weighted by Crippen LogP contribution is 2.50. The second-order valence-electron chi connectivity index (χ2n) is 26.8. The van der Waals surface area contributed by atoms with E-state index in [1.807, 2.05) is 0 Å². The second-order valence-corrected chi connectivity index (χ2v) is 26.8. The Bertz CT molecular complexity index is 6390. The van der Waals surface area contributed by atoms with Gasteiger partial charge in [-0.3, -0.25) is 0 Å². The second kappa shape index (κ2) is 15.6. The smallest absolute Gasteiger partial charge is 0.252 e. The number of rotatable bonds is 0. The molecular weight excluding hydrogens is 1110 g/mol. The quantitative estimate of drug-likeness (QED) is 0.135. The first-order chi connectivity index (χ1) is 45.7. The van der Waals surface area contributed by atoms with Crippen molar-refractivity contribution < 1.29 is 0 Å². The minimum atomic E-state index is -0.229. The van der Waals surface area contributed by atoms with Gasteiger partial charge in [-0.25, -0.2) is 0 Å². The minimum Gasteiger partial charge on any atom is -0.308 e. The molecule has 0 bridgehead atoms. The molecule has 4 aromatic heterocycles. The largest absolute Gasteiger partial charge is 0.308 e. The lowest BCUT2D eigenvalue weighted by atomic mass is 9.31. The molecular formula is C86H44B2N4. The predicted molar refractivity (Wildman–Crippen MR) is 393 cm³/mol. The molecule has 0 atom stereocenters. The molecule has 0 radical (unpaired) electrons. The van der Waals surface area contributed by atoms with Crippen molar-refractivity contribution in [1.29, 1.82) is 0 Å². The molecule has 8 heterocycles. The monoisotopic (exact) mass is 1150 g/mol. The molecule has 4 aliphatic heterocycles. The van der Waals surface area contributed by atoms with Crippen molar-refractivity contribution in [2.75, 3.05) is 0 Å². The molecule has 25 rings (SSSR count). The summed E-state index contributed by atoms with van der Waals surface area (Å²) in [6.07, 6.45) is 0. The summed E-state index contributed by atoms with van der Waals surface area (Å²) >= 11 is 0. The van der Waals surface area contributed by atoms with Gasteiger partial charge >= 0.3 is 0 Å². The van der Waals surface area contributed by atoms with Crippen LogP contribution in [0.5, 0.6) is 0 Å². The van der Waals surface area contributed by atoms with Crippen molar-refractivity contribution in [1.82, 2.24) is 18.3 Å². The van der Waals surface area contributed by atoms with Gasteiger partial charge in [-0.1, -0.05) is 243 Å². The average molecular weight is 1150 g/mol. The lowest BCUT2D eigenvalue weighted by molar-refractivity contribution is 1.05. The van der Waals surface area contributed by atoms with Gasteiger partial charge < -0.3 is 18.3 Å². The fraction of sp³-hybridized carbons (Fsp3) is 0. The van der Waals surface area contributed by atoms with Gasteiger partial charge in [0.05, 0.1) is 66.9 Å². The normalized spacial score (nSPS) is 13.6. The molecule has 21 aromatic rings. The third kappa shape index (κ3) is 5.03. The van der Waals surface area contributed by atoms with Crippen LogP contribution in [-0.4, -0.2) is 31.7 Å². The first-order valence-electron chi connectivity index (χ1n) is 32.5. The number of nitrogens with zero attached hydrogens (tertiary/aromatic N) is 4. The zero-order valence-corrected chi connectivity index (χ0v) is 49.3. The summed E-state index contributed by atoms with van der Waals surface area (Å²) in [5.74, 6) is 0. The van der Waals surface area contributed by atoms with E-state index in [-0.39, 0.29) is 13.4 Å². The Balaban J connectivity index is 1.09. The SMILES string of the molecule is c1cc2cccc3c2c(c1)c1cccc2ccc4c(c21)n3-c1c2c(c3c5c1-n1c6cccc7cccc(c8cccc9ccc(c1c98)B5c1ccc5cccc8c9cccc%10cccc(c%109)n-3c1c58)c76)-n1c3cccc5cccc(c6cccc7ccc(c1c76)B24)c53. The maximum Gasteiger partial charge on any atom is 0.252 e. The van der Waals surface area contributed by atoms with E-state index in [1.54, 1.807) is 0 Å². The van der Waals surface area contributed by atoms with Crippen molar-refractivity contribution in [3.8, 4) is 22.7 Å². The standard InChI is InChI=1S/C86H44B2N4/c1-13-45-21-9-33-65-69(45)53(25-1)57-29-5-17-49-37-41-61-79(73(49)57)89(65)83-77-85(91-67-35-11-23-47-15-3-27-55(71(47)67)58-30-6-18-50-38-42-62(87(61)77)80(91)74(50)58)86-78-84(83)90-66-34-10-22-46-14-2-26-54(70(46)66)59-31-7-19-51-39-43-63(81(90)75(51)59)88(78)64-44-40-52-20-8-32-60-56-28-4-16-48-24-12-36-68(72(48)56)92(86)82(64)76(52)60/h1-44H. The molecule has 414 valence electrons. The maximum atomic E-state index is 2.84. The van der Waals surface area contributed by atoms with Gasteiger partial charge in [0, 0.05) is 43.1 Å². The van der Waals surface area contributed by atoms with Crippen LogP contribution in [0.2, 0.25) is 0 Å². The van der Waals surface area contributed by atoms with Crippen LogP contribution in [0.1, 0.15) is 0 Å². The van der Waals surface area contributed by atoms with Gasteiger partial charge in [-0.2, -0.15) is 0 Å². The van der Waals surface area contributed by atoms with E-state index in [1.165, 1.54) is 229 Å². The van der Waals surface area contributed by atoms with Crippen LogP contribution in [0.3, 0.4) is 0 Å². The Hall–Kier alpha value is -11.9. The van der Waals surface area contributed by atoms with Crippen LogP contribution in [0.4, 0.5) is 0 Å². The zero-order valence-electron chi connectivity index (χ0n) is 49.3. The van der Waals surface area contributed by atoms with Crippen LogP contribution in [0.25, 0.3) is 196 Å². The number of hydrogen-bond acceptors (Lipinski definition) is 0. The molecule has 0 saturated carbocycles. The summed E-state index contributed by atoms with van der Waals surface area (Å²) < 4.78 is 11.4. The third-order valence-corrected chi connectivity index (χ3v) is 22.9. The van der Waals surface area contributed by atoms with E-state index < -0.39 is 0 Å². The summed E-state index contributed by atoms with van der Waals surface area (Å²) in [6, 6.07) is 105. The molecule has 0 fully saturated rings. The summed E-state index contributed by atoms with van der Waals surface area (Å²) in [4.78, 5) is 0. The van der Waals surface area contributed by atoms with Crippen molar-refractivity contribution in [3.63, 3.8) is 0 Å². The highest BCUT2D eigenvalue weighted by Gasteiger charge is 2.50. The van der Waals surface area contributed by atoms with Crippen molar-refractivity contribution in [2.24, 2.45) is 0 Å². The molecule has 0 spiro atoms. The van der Waals surface area contributed by atoms with Crippen molar-refractivity contribution in [2.45, 2.75) is 0 Å². The Kier molecular flexibility index (Phi) is 7.84. The van der Waals surface area contributed by atoms with Crippen LogP contribution < -0.4 is 32.8 Å². The first-order valence-corrected chi connectivity index (χ1v) is 32.5. The van der Waals surface area contributed by atoms with Gasteiger partial charge in [0.2, 0.25) is 0 Å². The van der Waals surface area contributed by atoms with Gasteiger partial charge in [-0.15, -0.1) is 0 Å². The van der Waals surface area contributed by atoms with E-state index in [2.05, 4.69) is 285 Å². The van der Waals surface area contributed by atoms with E-state index >= 15 is 0 Å². The van der Waals surface area contributed by atoms with Crippen LogP contribution >= 0.6 is 0 Å². The Morgan fingerprint density at radius 3 is 0.576 bits per heavy atom. The van der Waals surface area contributed by atoms with Crippen LogP contribution in [0, 0.1) is 0 Å². The molecule has 92 heavy (non-hydrogen) atoms.